The van der Waals surface area contributed by atoms with Crippen LogP contribution in [0.5, 0.6) is 0 Å². The van der Waals surface area contributed by atoms with Gasteiger partial charge < -0.3 is 4.42 Å². The third-order valence-corrected chi connectivity index (χ3v) is 3.20. The number of aryl methyl sites for hydroxylation is 2. The van der Waals surface area contributed by atoms with E-state index >= 15 is 0 Å². The molecule has 3 heteroatoms. The minimum Gasteiger partial charge on any atom is -0.453 e. The molecule has 0 atom stereocenters. The van der Waals surface area contributed by atoms with E-state index in [2.05, 4.69) is 6.07 Å². The van der Waals surface area contributed by atoms with E-state index in [4.69, 9.17) is 4.42 Å². The van der Waals surface area contributed by atoms with Gasteiger partial charge in [-0.1, -0.05) is 13.8 Å². The highest BCUT2D eigenvalue weighted by Crippen LogP contribution is 2.27. The van der Waals surface area contributed by atoms with Gasteiger partial charge in [0.25, 0.3) is 0 Å². The molecule has 2 rings (SSSR count). The zero-order valence-corrected chi connectivity index (χ0v) is 11.1. The predicted octanol–water partition coefficient (Wildman–Crippen LogP) is 3.76. The van der Waals surface area contributed by atoms with Crippen molar-refractivity contribution in [3.05, 3.63) is 46.7 Å². The number of nitrogens with zero attached hydrogens (tertiary/aromatic N) is 1. The first-order valence-corrected chi connectivity index (χ1v) is 6.34. The highest BCUT2D eigenvalue weighted by Gasteiger charge is 2.12. The molecule has 19 heavy (non-hydrogen) atoms. The first kappa shape index (κ1) is 13.1. The van der Waals surface area contributed by atoms with E-state index in [9.17, 15) is 10.1 Å². The summed E-state index contributed by atoms with van der Waals surface area (Å²) in [5.41, 5.74) is 3.71. The van der Waals surface area contributed by atoms with Gasteiger partial charge in [-0.2, -0.15) is 5.26 Å². The van der Waals surface area contributed by atoms with Crippen LogP contribution in [0.2, 0.25) is 0 Å². The van der Waals surface area contributed by atoms with Gasteiger partial charge in [0.05, 0.1) is 11.6 Å². The minimum atomic E-state index is 0.315. The molecule has 0 saturated carbocycles. The summed E-state index contributed by atoms with van der Waals surface area (Å²) < 4.78 is 5.44. The van der Waals surface area contributed by atoms with Crippen LogP contribution in [0.4, 0.5) is 0 Å². The van der Waals surface area contributed by atoms with Crippen LogP contribution < -0.4 is 0 Å². The summed E-state index contributed by atoms with van der Waals surface area (Å²) in [7, 11) is 0. The number of benzene rings is 1. The normalized spacial score (nSPS) is 10.2. The fourth-order valence-corrected chi connectivity index (χ4v) is 2.18. The van der Waals surface area contributed by atoms with Crippen LogP contribution in [0, 0.1) is 11.3 Å². The largest absolute Gasteiger partial charge is 0.453 e. The molecule has 0 N–H and O–H groups in total. The van der Waals surface area contributed by atoms with Crippen LogP contribution in [0.3, 0.4) is 0 Å². The van der Waals surface area contributed by atoms with Crippen molar-refractivity contribution >= 4 is 6.29 Å². The number of aldehydes is 1. The standard InChI is InChI=1S/C16H15NO2/c1-3-11-7-13(8-12(4-2)15(11)9-17)16-6-5-14(10-18)19-16/h5-8,10H,3-4H2,1-2H3. The van der Waals surface area contributed by atoms with Gasteiger partial charge in [0.1, 0.15) is 5.76 Å². The Morgan fingerprint density at radius 3 is 2.26 bits per heavy atom. The van der Waals surface area contributed by atoms with Crippen molar-refractivity contribution < 1.29 is 9.21 Å². The molecular formula is C16H15NO2. The van der Waals surface area contributed by atoms with E-state index in [1.54, 1.807) is 12.1 Å². The molecule has 0 aliphatic heterocycles. The first-order valence-electron chi connectivity index (χ1n) is 6.34. The molecule has 1 aromatic heterocycles. The van der Waals surface area contributed by atoms with Crippen molar-refractivity contribution in [1.29, 1.82) is 5.26 Å². The Kier molecular flexibility index (Phi) is 3.82. The average molecular weight is 253 g/mol. The number of furan rings is 1. The molecule has 0 bridgehead atoms. The Bertz CT molecular complexity index is 622. The van der Waals surface area contributed by atoms with Gasteiger partial charge >= 0.3 is 0 Å². The van der Waals surface area contributed by atoms with Crippen LogP contribution in [0.1, 0.15) is 41.1 Å². The van der Waals surface area contributed by atoms with Gasteiger partial charge in [-0.05, 0) is 48.2 Å². The average Bonchev–Trinajstić information content (AvgIpc) is 2.94. The molecular weight excluding hydrogens is 238 g/mol. The van der Waals surface area contributed by atoms with Crippen LogP contribution in [-0.2, 0) is 12.8 Å². The van der Waals surface area contributed by atoms with E-state index < -0.39 is 0 Å². The lowest BCUT2D eigenvalue weighted by molar-refractivity contribution is 0.110. The molecule has 0 aliphatic carbocycles. The Hall–Kier alpha value is -2.34. The van der Waals surface area contributed by atoms with Crippen LogP contribution in [0.25, 0.3) is 11.3 Å². The Morgan fingerprint density at radius 1 is 1.21 bits per heavy atom. The Labute approximate surface area is 112 Å². The zero-order chi connectivity index (χ0) is 13.8. The number of nitriles is 1. The summed E-state index contributed by atoms with van der Waals surface area (Å²) in [6.45, 7) is 4.05. The number of hydrogen-bond donors (Lipinski definition) is 0. The molecule has 3 nitrogen and oxygen atoms in total. The van der Waals surface area contributed by atoms with Crippen molar-refractivity contribution in [3.8, 4) is 17.4 Å². The molecule has 96 valence electrons. The first-order chi connectivity index (χ1) is 9.23. The molecule has 1 aromatic carbocycles. The van der Waals surface area contributed by atoms with E-state index in [-0.39, 0.29) is 0 Å². The molecule has 0 unspecified atom stereocenters. The van der Waals surface area contributed by atoms with E-state index in [1.165, 1.54) is 0 Å². The fraction of sp³-hybridized carbons (Fsp3) is 0.250. The predicted molar refractivity (Wildman–Crippen MR) is 73.0 cm³/mol. The lowest BCUT2D eigenvalue weighted by atomic mass is 9.94. The Balaban J connectivity index is 2.59. The second-order valence-corrected chi connectivity index (χ2v) is 4.31. The number of hydrogen-bond acceptors (Lipinski definition) is 3. The van der Waals surface area contributed by atoms with Gasteiger partial charge in [0.15, 0.2) is 12.0 Å². The van der Waals surface area contributed by atoms with Crippen molar-refractivity contribution in [2.24, 2.45) is 0 Å². The van der Waals surface area contributed by atoms with Crippen molar-refractivity contribution in [2.45, 2.75) is 26.7 Å². The summed E-state index contributed by atoms with van der Waals surface area (Å²) in [6, 6.07) is 9.63. The zero-order valence-electron chi connectivity index (χ0n) is 11.1. The molecule has 0 amide bonds. The minimum absolute atomic E-state index is 0.315. The fourth-order valence-electron chi connectivity index (χ4n) is 2.18. The van der Waals surface area contributed by atoms with E-state index in [1.807, 2.05) is 26.0 Å². The summed E-state index contributed by atoms with van der Waals surface area (Å²) in [5.74, 6) is 0.978. The molecule has 0 radical (unpaired) electrons. The maximum atomic E-state index is 10.7. The van der Waals surface area contributed by atoms with E-state index in [0.29, 0.717) is 17.8 Å². The van der Waals surface area contributed by atoms with Gasteiger partial charge in [-0.25, -0.2) is 0 Å². The summed E-state index contributed by atoms with van der Waals surface area (Å²) in [5, 5.41) is 9.25. The SMILES string of the molecule is CCc1cc(-c2ccc(C=O)o2)cc(CC)c1C#N. The summed E-state index contributed by atoms with van der Waals surface area (Å²) in [6.07, 6.45) is 2.28. The van der Waals surface area contributed by atoms with E-state index in [0.717, 1.165) is 35.1 Å². The molecule has 0 fully saturated rings. The topological polar surface area (TPSA) is 54.0 Å². The van der Waals surface area contributed by atoms with Gasteiger partial charge in [0.2, 0.25) is 0 Å². The smallest absolute Gasteiger partial charge is 0.185 e. The summed E-state index contributed by atoms with van der Waals surface area (Å²) in [4.78, 5) is 10.7. The number of rotatable bonds is 4. The molecule has 0 saturated heterocycles. The molecule has 0 aliphatic rings. The number of carbonyl (C=O) groups is 1. The van der Waals surface area contributed by atoms with Crippen molar-refractivity contribution in [1.82, 2.24) is 0 Å². The number of carbonyl (C=O) groups excluding carboxylic acids is 1. The lowest BCUT2D eigenvalue weighted by Gasteiger charge is -2.09. The third-order valence-electron chi connectivity index (χ3n) is 3.20. The monoisotopic (exact) mass is 253 g/mol. The molecule has 1 heterocycles. The highest BCUT2D eigenvalue weighted by atomic mass is 16.3. The second kappa shape index (κ2) is 5.53. The van der Waals surface area contributed by atoms with Crippen molar-refractivity contribution in [2.75, 3.05) is 0 Å². The van der Waals surface area contributed by atoms with Gasteiger partial charge in [0, 0.05) is 5.56 Å². The molecule has 0 spiro atoms. The molecule has 2 aromatic rings. The Morgan fingerprint density at radius 2 is 1.84 bits per heavy atom. The van der Waals surface area contributed by atoms with Gasteiger partial charge in [-0.15, -0.1) is 0 Å². The maximum absolute atomic E-state index is 10.7. The van der Waals surface area contributed by atoms with Crippen molar-refractivity contribution in [3.63, 3.8) is 0 Å². The summed E-state index contributed by atoms with van der Waals surface area (Å²) >= 11 is 0. The quantitative estimate of drug-likeness (QED) is 0.779. The maximum Gasteiger partial charge on any atom is 0.185 e. The lowest BCUT2D eigenvalue weighted by Crippen LogP contribution is -1.96. The third kappa shape index (κ3) is 2.43. The second-order valence-electron chi connectivity index (χ2n) is 4.31. The van der Waals surface area contributed by atoms with Gasteiger partial charge in [-0.3, -0.25) is 4.79 Å². The van der Waals surface area contributed by atoms with Crippen LogP contribution in [0.15, 0.2) is 28.7 Å². The van der Waals surface area contributed by atoms with Crippen LogP contribution in [-0.4, -0.2) is 6.29 Å². The highest BCUT2D eigenvalue weighted by molar-refractivity contribution is 5.73. The van der Waals surface area contributed by atoms with Crippen LogP contribution >= 0.6 is 0 Å².